The molecule has 0 heterocycles. The summed E-state index contributed by atoms with van der Waals surface area (Å²) in [5.74, 6) is -1.79. The predicted molar refractivity (Wildman–Crippen MR) is 57.2 cm³/mol. The Kier molecular flexibility index (Phi) is 3.88. The van der Waals surface area contributed by atoms with Gasteiger partial charge < -0.3 is 15.2 Å². The molecule has 5 heteroatoms. The van der Waals surface area contributed by atoms with Gasteiger partial charge in [0.1, 0.15) is 5.75 Å². The summed E-state index contributed by atoms with van der Waals surface area (Å²) < 4.78 is 4.99. The van der Waals surface area contributed by atoms with Crippen molar-refractivity contribution in [1.29, 1.82) is 0 Å². The second-order valence-corrected chi connectivity index (χ2v) is 3.27. The van der Waals surface area contributed by atoms with Crippen molar-refractivity contribution in [2.24, 2.45) is 0 Å². The van der Waals surface area contributed by atoms with E-state index in [0.29, 0.717) is 5.75 Å². The van der Waals surface area contributed by atoms with E-state index in [1.165, 1.54) is 0 Å². The van der Waals surface area contributed by atoms with Gasteiger partial charge in [-0.25, -0.2) is 4.79 Å². The van der Waals surface area contributed by atoms with E-state index in [9.17, 15) is 9.59 Å². The second kappa shape index (κ2) is 5.16. The third kappa shape index (κ3) is 2.98. The number of methoxy groups -OCH3 is 1. The Morgan fingerprint density at radius 3 is 2.31 bits per heavy atom. The van der Waals surface area contributed by atoms with Crippen LogP contribution in [-0.2, 0) is 9.59 Å². The highest BCUT2D eigenvalue weighted by atomic mass is 16.5. The molecule has 0 aliphatic rings. The monoisotopic (exact) mass is 223 g/mol. The highest BCUT2D eigenvalue weighted by Crippen LogP contribution is 2.16. The lowest BCUT2D eigenvalue weighted by Crippen LogP contribution is -2.32. The van der Waals surface area contributed by atoms with Gasteiger partial charge in [0.15, 0.2) is 0 Å². The number of benzene rings is 1. The van der Waals surface area contributed by atoms with Crippen LogP contribution in [0.3, 0.4) is 0 Å². The summed E-state index contributed by atoms with van der Waals surface area (Å²) in [5, 5.41) is 10.8. The Balaban J connectivity index is 2.69. The fraction of sp³-hybridized carbons (Fsp3) is 0.273. The number of hydrogen-bond donors (Lipinski definition) is 2. The number of rotatable bonds is 3. The smallest absolute Gasteiger partial charge is 0.394 e. The Morgan fingerprint density at radius 2 is 1.88 bits per heavy atom. The van der Waals surface area contributed by atoms with Crippen LogP contribution in [-0.4, -0.2) is 24.1 Å². The highest BCUT2D eigenvalue weighted by molar-refractivity contribution is 6.31. The maximum absolute atomic E-state index is 10.9. The zero-order valence-corrected chi connectivity index (χ0v) is 9.06. The quantitative estimate of drug-likeness (QED) is 0.748. The highest BCUT2D eigenvalue weighted by Gasteiger charge is 2.15. The van der Waals surface area contributed by atoms with E-state index in [2.05, 4.69) is 5.32 Å². The number of carbonyl (C=O) groups excluding carboxylic acids is 1. The molecule has 0 aliphatic heterocycles. The molecule has 1 rings (SSSR count). The van der Waals surface area contributed by atoms with Gasteiger partial charge in [0.2, 0.25) is 0 Å². The number of carboxylic acid groups (broad SMARTS) is 1. The summed E-state index contributed by atoms with van der Waals surface area (Å²) in [6, 6.07) is 6.68. The van der Waals surface area contributed by atoms with Gasteiger partial charge in [0.25, 0.3) is 0 Å². The molecule has 2 N–H and O–H groups in total. The lowest BCUT2D eigenvalue weighted by atomic mass is 10.1. The average molecular weight is 223 g/mol. The van der Waals surface area contributed by atoms with Gasteiger partial charge in [-0.15, -0.1) is 0 Å². The van der Waals surface area contributed by atoms with Crippen LogP contribution in [0.1, 0.15) is 18.5 Å². The summed E-state index contributed by atoms with van der Waals surface area (Å²) in [6.07, 6.45) is 0. The number of hydrogen-bond acceptors (Lipinski definition) is 3. The van der Waals surface area contributed by atoms with Crippen molar-refractivity contribution in [2.45, 2.75) is 13.0 Å². The van der Waals surface area contributed by atoms with Gasteiger partial charge >= 0.3 is 11.9 Å². The molecule has 0 saturated carbocycles. The lowest BCUT2D eigenvalue weighted by Gasteiger charge is -2.12. The number of carboxylic acids is 1. The van der Waals surface area contributed by atoms with Gasteiger partial charge in [-0.2, -0.15) is 0 Å². The van der Waals surface area contributed by atoms with Crippen LogP contribution < -0.4 is 10.1 Å². The molecule has 0 aromatic heterocycles. The molecule has 86 valence electrons. The zero-order chi connectivity index (χ0) is 12.1. The van der Waals surface area contributed by atoms with Crippen LogP contribution in [0, 0.1) is 0 Å². The minimum Gasteiger partial charge on any atom is -0.497 e. The van der Waals surface area contributed by atoms with E-state index in [4.69, 9.17) is 9.84 Å². The molecule has 0 aliphatic carbocycles. The molecule has 16 heavy (non-hydrogen) atoms. The summed E-state index contributed by atoms with van der Waals surface area (Å²) in [7, 11) is 1.56. The van der Waals surface area contributed by atoms with Gasteiger partial charge in [0.05, 0.1) is 13.2 Å². The summed E-state index contributed by atoms with van der Waals surface area (Å²) in [4.78, 5) is 21.2. The molecule has 1 atom stereocenters. The minimum atomic E-state index is -1.49. The molecule has 0 bridgehead atoms. The van der Waals surface area contributed by atoms with Crippen LogP contribution in [0.4, 0.5) is 0 Å². The summed E-state index contributed by atoms with van der Waals surface area (Å²) >= 11 is 0. The standard InChI is InChI=1S/C11H13NO4/c1-7(12-10(13)11(14)15)8-3-5-9(16-2)6-4-8/h3-7H,1-2H3,(H,12,13)(H,14,15)/t7-/m1/s1. The van der Waals surface area contributed by atoms with Crippen LogP contribution in [0.2, 0.25) is 0 Å². The second-order valence-electron chi connectivity index (χ2n) is 3.27. The van der Waals surface area contributed by atoms with Crippen molar-refractivity contribution >= 4 is 11.9 Å². The number of carbonyl (C=O) groups is 2. The van der Waals surface area contributed by atoms with Crippen molar-refractivity contribution in [3.8, 4) is 5.75 Å². The normalized spacial score (nSPS) is 11.6. The zero-order valence-electron chi connectivity index (χ0n) is 9.06. The number of ether oxygens (including phenoxy) is 1. The van der Waals surface area contributed by atoms with E-state index in [1.807, 2.05) is 0 Å². The SMILES string of the molecule is COc1ccc([C@@H](C)NC(=O)C(=O)O)cc1. The number of nitrogens with one attached hydrogen (secondary N) is 1. The molecule has 0 saturated heterocycles. The molecule has 0 radical (unpaired) electrons. The molecular formula is C11H13NO4. The molecular weight excluding hydrogens is 210 g/mol. The molecule has 1 aromatic rings. The lowest BCUT2D eigenvalue weighted by molar-refractivity contribution is -0.150. The minimum absolute atomic E-state index is 0.352. The average Bonchev–Trinajstić information content (AvgIpc) is 2.28. The maximum atomic E-state index is 10.9. The van der Waals surface area contributed by atoms with E-state index in [0.717, 1.165) is 5.56 Å². The van der Waals surface area contributed by atoms with Gasteiger partial charge in [-0.05, 0) is 24.6 Å². The Labute approximate surface area is 93.0 Å². The predicted octanol–water partition coefficient (Wildman–Crippen LogP) is 0.957. The van der Waals surface area contributed by atoms with Gasteiger partial charge in [-0.3, -0.25) is 4.79 Å². The molecule has 0 fully saturated rings. The molecule has 5 nitrogen and oxygen atoms in total. The van der Waals surface area contributed by atoms with Crippen LogP contribution in [0.25, 0.3) is 0 Å². The van der Waals surface area contributed by atoms with Crippen molar-refractivity contribution in [3.05, 3.63) is 29.8 Å². The number of aliphatic carboxylic acids is 1. The molecule has 1 amide bonds. The third-order valence-electron chi connectivity index (χ3n) is 2.16. The van der Waals surface area contributed by atoms with Crippen molar-refractivity contribution in [1.82, 2.24) is 5.32 Å². The van der Waals surface area contributed by atoms with Gasteiger partial charge in [-0.1, -0.05) is 12.1 Å². The first kappa shape index (κ1) is 12.0. The Morgan fingerprint density at radius 1 is 1.31 bits per heavy atom. The Hall–Kier alpha value is -2.04. The van der Waals surface area contributed by atoms with E-state index >= 15 is 0 Å². The van der Waals surface area contributed by atoms with E-state index in [-0.39, 0.29) is 6.04 Å². The maximum Gasteiger partial charge on any atom is 0.394 e. The van der Waals surface area contributed by atoms with Crippen LogP contribution in [0.15, 0.2) is 24.3 Å². The van der Waals surface area contributed by atoms with Crippen molar-refractivity contribution < 1.29 is 19.4 Å². The van der Waals surface area contributed by atoms with Gasteiger partial charge in [0, 0.05) is 0 Å². The summed E-state index contributed by atoms with van der Waals surface area (Å²) in [6.45, 7) is 1.71. The van der Waals surface area contributed by atoms with Crippen molar-refractivity contribution in [2.75, 3.05) is 7.11 Å². The molecule has 1 aromatic carbocycles. The first-order chi connectivity index (χ1) is 7.54. The van der Waals surface area contributed by atoms with E-state index in [1.54, 1.807) is 38.3 Å². The van der Waals surface area contributed by atoms with Crippen LogP contribution in [0.5, 0.6) is 5.75 Å². The first-order valence-electron chi connectivity index (χ1n) is 4.72. The van der Waals surface area contributed by atoms with Crippen molar-refractivity contribution in [3.63, 3.8) is 0 Å². The Bertz CT molecular complexity index is 385. The third-order valence-corrected chi connectivity index (χ3v) is 2.16. The molecule has 0 unspecified atom stereocenters. The summed E-state index contributed by atoms with van der Waals surface area (Å²) in [5.41, 5.74) is 0.815. The van der Waals surface area contributed by atoms with E-state index < -0.39 is 11.9 Å². The molecule has 0 spiro atoms. The van der Waals surface area contributed by atoms with Crippen LogP contribution >= 0.6 is 0 Å². The topological polar surface area (TPSA) is 75.6 Å². The largest absolute Gasteiger partial charge is 0.497 e. The fourth-order valence-electron chi connectivity index (χ4n) is 1.23. The fourth-order valence-corrected chi connectivity index (χ4v) is 1.23. The number of amides is 1. The first-order valence-corrected chi connectivity index (χ1v) is 4.72.